The van der Waals surface area contributed by atoms with Crippen LogP contribution >= 0.6 is 0 Å². The van der Waals surface area contributed by atoms with Crippen molar-refractivity contribution in [2.75, 3.05) is 32.1 Å². The van der Waals surface area contributed by atoms with Gasteiger partial charge in [-0.25, -0.2) is 8.42 Å². The normalized spacial score (nSPS) is 15.0. The van der Waals surface area contributed by atoms with Gasteiger partial charge in [0.25, 0.3) is 5.91 Å². The molecule has 1 aliphatic heterocycles. The molecule has 11 nitrogen and oxygen atoms in total. The summed E-state index contributed by atoms with van der Waals surface area (Å²) in [5, 5.41) is 5.34. The number of hydrogen-bond acceptors (Lipinski definition) is 6. The van der Waals surface area contributed by atoms with E-state index in [9.17, 15) is 22.8 Å². The Balaban J connectivity index is 1.53. The molecule has 3 amide bonds. The van der Waals surface area contributed by atoms with Crippen LogP contribution in [0.3, 0.4) is 0 Å². The van der Waals surface area contributed by atoms with Crippen LogP contribution in [-0.2, 0) is 26.7 Å². The average Bonchev–Trinajstić information content (AvgIpc) is 3.20. The van der Waals surface area contributed by atoms with E-state index >= 15 is 0 Å². The van der Waals surface area contributed by atoms with Gasteiger partial charge in [0.15, 0.2) is 0 Å². The van der Waals surface area contributed by atoms with Crippen LogP contribution in [0.2, 0.25) is 0 Å². The summed E-state index contributed by atoms with van der Waals surface area (Å²) in [6.07, 6.45) is 1.97. The zero-order chi connectivity index (χ0) is 25.0. The number of amides is 3. The highest BCUT2D eigenvalue weighted by atomic mass is 32.2. The molecule has 12 heteroatoms. The van der Waals surface area contributed by atoms with Crippen LogP contribution in [-0.4, -0.2) is 61.8 Å². The van der Waals surface area contributed by atoms with Gasteiger partial charge in [-0.3, -0.25) is 14.4 Å². The predicted molar refractivity (Wildman–Crippen MR) is 125 cm³/mol. The van der Waals surface area contributed by atoms with Gasteiger partial charge in [0, 0.05) is 32.3 Å². The second-order valence-electron chi connectivity index (χ2n) is 8.18. The molecule has 3 rings (SSSR count). The maximum absolute atomic E-state index is 12.9. The number of benzene rings is 1. The van der Waals surface area contributed by atoms with Gasteiger partial charge >= 0.3 is 0 Å². The first-order valence-electron chi connectivity index (χ1n) is 10.7. The second kappa shape index (κ2) is 10.3. The molecule has 1 aromatic carbocycles. The summed E-state index contributed by atoms with van der Waals surface area (Å²) in [5.74, 6) is -1.32. The topological polar surface area (TPSA) is 153 Å². The van der Waals surface area contributed by atoms with Crippen LogP contribution in [0.4, 0.5) is 5.69 Å². The fourth-order valence-corrected chi connectivity index (χ4v) is 5.39. The lowest BCUT2D eigenvalue weighted by Crippen LogP contribution is -2.44. The fourth-order valence-electron chi connectivity index (χ4n) is 3.85. The second-order valence-corrected chi connectivity index (χ2v) is 10.1. The molecule has 1 aromatic heterocycles. The number of piperidine rings is 1. The molecule has 0 radical (unpaired) electrons. The summed E-state index contributed by atoms with van der Waals surface area (Å²) in [6, 6.07) is 6.62. The molecule has 0 unspecified atom stereocenters. The van der Waals surface area contributed by atoms with Gasteiger partial charge in [0.1, 0.15) is 16.3 Å². The van der Waals surface area contributed by atoms with E-state index in [0.717, 1.165) is 5.56 Å². The molecular formula is C22H29N5O6S. The molecule has 1 aliphatic rings. The summed E-state index contributed by atoms with van der Waals surface area (Å²) in [4.78, 5) is 36.2. The number of nitrogens with one attached hydrogen (secondary N) is 2. The van der Waals surface area contributed by atoms with Crippen LogP contribution in [0, 0.1) is 12.8 Å². The van der Waals surface area contributed by atoms with E-state index in [1.165, 1.54) is 28.2 Å². The number of hydrogen-bond donors (Lipinski definition) is 3. The maximum atomic E-state index is 12.9. The number of rotatable bonds is 8. The van der Waals surface area contributed by atoms with Crippen LogP contribution in [0.15, 0.2) is 35.4 Å². The summed E-state index contributed by atoms with van der Waals surface area (Å²) in [7, 11) is -0.774. The van der Waals surface area contributed by atoms with Gasteiger partial charge in [-0.1, -0.05) is 6.07 Å². The molecule has 4 N–H and O–H groups in total. The highest BCUT2D eigenvalue weighted by Gasteiger charge is 2.33. The number of nitrogens with zero attached hydrogens (tertiary/aromatic N) is 2. The fraction of sp³-hybridized carbons (Fsp3) is 0.409. The zero-order valence-electron chi connectivity index (χ0n) is 19.3. The van der Waals surface area contributed by atoms with Crippen molar-refractivity contribution in [3.63, 3.8) is 0 Å². The zero-order valence-corrected chi connectivity index (χ0v) is 20.1. The SMILES string of the molecule is COc1ccc(C)cc1NC(=O)CNC(=O)C1CCN(S(=O)(=O)c2cc(C(N)=O)n(C)c2)CC1. The Kier molecular flexibility index (Phi) is 7.62. The van der Waals surface area contributed by atoms with Gasteiger partial charge in [0.2, 0.25) is 21.8 Å². The predicted octanol–water partition coefficient (Wildman–Crippen LogP) is 0.597. The number of primary amides is 1. The van der Waals surface area contributed by atoms with Gasteiger partial charge in [-0.15, -0.1) is 0 Å². The molecule has 2 aromatic rings. The van der Waals surface area contributed by atoms with Crippen LogP contribution in [0.5, 0.6) is 5.75 Å². The molecule has 0 saturated carbocycles. The molecule has 184 valence electrons. The summed E-state index contributed by atoms with van der Waals surface area (Å²) in [5.41, 5.74) is 6.82. The minimum atomic E-state index is -3.82. The lowest BCUT2D eigenvalue weighted by atomic mass is 9.97. The number of carbonyl (C=O) groups excluding carboxylic acids is 3. The van der Waals surface area contributed by atoms with Gasteiger partial charge in [0.05, 0.1) is 19.3 Å². The van der Waals surface area contributed by atoms with Crippen molar-refractivity contribution in [1.29, 1.82) is 0 Å². The van der Waals surface area contributed by atoms with E-state index in [1.54, 1.807) is 19.2 Å². The first-order valence-corrected chi connectivity index (χ1v) is 12.2. The van der Waals surface area contributed by atoms with E-state index in [-0.39, 0.29) is 36.1 Å². The molecule has 0 aliphatic carbocycles. The number of sulfonamides is 1. The minimum Gasteiger partial charge on any atom is -0.495 e. The van der Waals surface area contributed by atoms with Gasteiger partial charge in [-0.2, -0.15) is 4.31 Å². The van der Waals surface area contributed by atoms with Crippen LogP contribution < -0.4 is 21.1 Å². The monoisotopic (exact) mass is 491 g/mol. The van der Waals surface area contributed by atoms with Crippen molar-refractivity contribution in [3.05, 3.63) is 41.7 Å². The molecule has 34 heavy (non-hydrogen) atoms. The third-order valence-corrected chi connectivity index (χ3v) is 7.61. The van der Waals surface area contributed by atoms with Crippen molar-refractivity contribution in [1.82, 2.24) is 14.2 Å². The van der Waals surface area contributed by atoms with Crippen molar-refractivity contribution in [2.45, 2.75) is 24.7 Å². The van der Waals surface area contributed by atoms with E-state index in [4.69, 9.17) is 10.5 Å². The minimum absolute atomic E-state index is 0.0186. The molecule has 1 saturated heterocycles. The molecule has 0 atom stereocenters. The highest BCUT2D eigenvalue weighted by molar-refractivity contribution is 7.89. The Morgan fingerprint density at radius 3 is 2.44 bits per heavy atom. The highest BCUT2D eigenvalue weighted by Crippen LogP contribution is 2.26. The molecule has 0 spiro atoms. The third kappa shape index (κ3) is 5.57. The maximum Gasteiger partial charge on any atom is 0.265 e. The summed E-state index contributed by atoms with van der Waals surface area (Å²) < 4.78 is 33.7. The Labute approximate surface area is 198 Å². The third-order valence-electron chi connectivity index (χ3n) is 5.75. The first-order chi connectivity index (χ1) is 16.0. The van der Waals surface area contributed by atoms with E-state index in [1.807, 2.05) is 13.0 Å². The Morgan fingerprint density at radius 1 is 1.18 bits per heavy atom. The largest absolute Gasteiger partial charge is 0.495 e. The number of methoxy groups -OCH3 is 1. The summed E-state index contributed by atoms with van der Waals surface area (Å²) >= 11 is 0. The molecule has 0 bridgehead atoms. The van der Waals surface area contributed by atoms with Crippen molar-refractivity contribution < 1.29 is 27.5 Å². The van der Waals surface area contributed by atoms with Gasteiger partial charge < -0.3 is 25.7 Å². The number of carbonyl (C=O) groups is 3. The number of anilines is 1. The Morgan fingerprint density at radius 2 is 1.85 bits per heavy atom. The standard InChI is InChI=1S/C22H29N5O6S/c1-14-4-5-19(33-3)17(10-14)25-20(28)12-24-22(30)15-6-8-27(9-7-15)34(31,32)16-11-18(21(23)29)26(2)13-16/h4-5,10-11,13,15H,6-9,12H2,1-3H3,(H2,23,29)(H,24,30)(H,25,28). The number of aromatic nitrogens is 1. The van der Waals surface area contributed by atoms with Gasteiger partial charge in [-0.05, 0) is 43.5 Å². The number of nitrogens with two attached hydrogens (primary N) is 1. The number of aryl methyl sites for hydroxylation is 2. The van der Waals surface area contributed by atoms with Crippen molar-refractivity contribution >= 4 is 33.4 Å². The van der Waals surface area contributed by atoms with E-state index in [2.05, 4.69) is 10.6 Å². The lowest BCUT2D eigenvalue weighted by molar-refractivity contribution is -0.128. The van der Waals surface area contributed by atoms with Crippen LogP contribution in [0.1, 0.15) is 28.9 Å². The van der Waals surface area contributed by atoms with Crippen molar-refractivity contribution in [3.8, 4) is 5.75 Å². The smallest absolute Gasteiger partial charge is 0.265 e. The van der Waals surface area contributed by atoms with Crippen LogP contribution in [0.25, 0.3) is 0 Å². The van der Waals surface area contributed by atoms with E-state index < -0.39 is 27.8 Å². The van der Waals surface area contributed by atoms with E-state index in [0.29, 0.717) is 24.3 Å². The number of ether oxygens (including phenoxy) is 1. The molecule has 1 fully saturated rings. The lowest BCUT2D eigenvalue weighted by Gasteiger charge is -2.30. The first kappa shape index (κ1) is 25.2. The molecular weight excluding hydrogens is 462 g/mol. The Hall–Kier alpha value is -3.38. The van der Waals surface area contributed by atoms with Crippen molar-refractivity contribution in [2.24, 2.45) is 18.7 Å². The quantitative estimate of drug-likeness (QED) is 0.491. The summed E-state index contributed by atoms with van der Waals surface area (Å²) in [6.45, 7) is 1.97. The average molecular weight is 492 g/mol. The Bertz CT molecular complexity index is 1200. The molecule has 2 heterocycles.